The zero-order valence-corrected chi connectivity index (χ0v) is 46.2. The second kappa shape index (κ2) is 30.4. The number of hydrogen-bond donors (Lipinski definition) is 21. The first-order valence-corrected chi connectivity index (χ1v) is 28.6. The Morgan fingerprint density at radius 1 is 0.247 bits per heavy atom. The maximum absolute atomic E-state index is 11.7. The van der Waals surface area contributed by atoms with Gasteiger partial charge in [-0.2, -0.15) is 0 Å². The Labute approximate surface area is 485 Å². The summed E-state index contributed by atoms with van der Waals surface area (Å²) in [6.45, 7) is -1.68. The van der Waals surface area contributed by atoms with Crippen LogP contribution in [0.25, 0.3) is 0 Å². The fraction of sp³-hybridized carbons (Fsp3) is 1.00. The molecule has 0 radical (unpaired) electrons. The van der Waals surface area contributed by atoms with E-state index in [9.17, 15) is 107 Å². The molecule has 496 valence electrons. The Balaban J connectivity index is 1.12. The molecule has 14 bridgehead atoms. The van der Waals surface area contributed by atoms with E-state index in [1.165, 1.54) is 0 Å². The predicted octanol–water partition coefficient (Wildman–Crippen LogP) is -12.1. The molecule has 35 nitrogen and oxygen atoms in total. The summed E-state index contributed by atoms with van der Waals surface area (Å²) in [7, 11) is 0. The SMILES string of the molecule is CCCC[C@@H](O)[C@H]1O[C@@H]2O[C@H]3[C@H](O)[C@@H](O)[C@@H](O[C@H]4[C@H](O)[C@@H](O)[C@@H](O[C@H]5[C@H](O)[C@@H](O)[C@@H](O[C@H]6[C@H](O)[C@@H](O)[C@H](O[C@@H]6[C@H](O)CCCC)O[C@H]6[C@H](O)[C@H](O)[C@@H](O[C@H]7[C@@H](O)[C@H](O)[C@@H](O[C@H]1[C@H](O)[C@H]2O)O[C@@H]7CO)O[C@@H]6CO)O[C@H]5CO)O[C@H]4CO)O[C@H]3CO. The van der Waals surface area contributed by atoms with E-state index in [0.717, 1.165) is 0 Å². The molecule has 0 amide bonds. The highest BCUT2D eigenvalue weighted by molar-refractivity contribution is 5.03. The molecule has 0 aromatic heterocycles. The molecule has 21 N–H and O–H groups in total. The third kappa shape index (κ3) is 14.5. The maximum Gasteiger partial charge on any atom is 0.187 e. The molecule has 37 atom stereocenters. The van der Waals surface area contributed by atoms with E-state index in [1.807, 2.05) is 0 Å². The van der Waals surface area contributed by atoms with Crippen molar-refractivity contribution in [3.05, 3.63) is 0 Å². The Morgan fingerprint density at radius 3 is 0.612 bits per heavy atom. The lowest BCUT2D eigenvalue weighted by Gasteiger charge is -2.50. The van der Waals surface area contributed by atoms with Gasteiger partial charge in [-0.3, -0.25) is 0 Å². The van der Waals surface area contributed by atoms with Crippen LogP contribution < -0.4 is 0 Å². The fourth-order valence-electron chi connectivity index (χ4n) is 11.8. The number of unbranched alkanes of at least 4 members (excludes halogenated alkanes) is 2. The minimum Gasteiger partial charge on any atom is -0.394 e. The smallest absolute Gasteiger partial charge is 0.187 e. The minimum absolute atomic E-state index is 0.0595. The summed E-state index contributed by atoms with van der Waals surface area (Å²) in [6.07, 6.45) is -72.3. The van der Waals surface area contributed by atoms with E-state index >= 15 is 0 Å². The molecule has 21 fully saturated rings. The first-order valence-electron chi connectivity index (χ1n) is 28.6. The van der Waals surface area contributed by atoms with Crippen LogP contribution in [0.1, 0.15) is 52.4 Å². The highest BCUT2D eigenvalue weighted by Gasteiger charge is 2.60. The largest absolute Gasteiger partial charge is 0.394 e. The molecule has 0 saturated carbocycles. The quantitative estimate of drug-likeness (QED) is 0.0814. The summed E-state index contributed by atoms with van der Waals surface area (Å²) < 4.78 is 81.8. The van der Waals surface area contributed by atoms with Crippen molar-refractivity contribution in [2.24, 2.45) is 0 Å². The van der Waals surface area contributed by atoms with Gasteiger partial charge < -0.3 is 174 Å². The van der Waals surface area contributed by atoms with Crippen LogP contribution in [-0.2, 0) is 66.3 Å². The van der Waals surface area contributed by atoms with Gasteiger partial charge in [-0.05, 0) is 12.8 Å². The molecular formula is C50H86O35. The molecule has 0 aromatic carbocycles. The summed E-state index contributed by atoms with van der Waals surface area (Å²) >= 11 is 0. The van der Waals surface area contributed by atoms with Crippen LogP contribution in [0, 0.1) is 0 Å². The fourth-order valence-corrected chi connectivity index (χ4v) is 11.8. The van der Waals surface area contributed by atoms with Crippen LogP contribution in [0.3, 0.4) is 0 Å². The summed E-state index contributed by atoms with van der Waals surface area (Å²) in [4.78, 5) is 0. The summed E-state index contributed by atoms with van der Waals surface area (Å²) in [5.41, 5.74) is 0. The molecule has 21 aliphatic rings. The van der Waals surface area contributed by atoms with Gasteiger partial charge in [0.05, 0.1) is 45.2 Å². The van der Waals surface area contributed by atoms with Crippen LogP contribution >= 0.6 is 0 Å². The lowest BCUT2D eigenvalue weighted by molar-refractivity contribution is -0.399. The summed E-state index contributed by atoms with van der Waals surface area (Å²) in [6, 6.07) is 0. The van der Waals surface area contributed by atoms with Crippen LogP contribution in [-0.4, -0.2) is 367 Å². The molecular weight excluding hydrogens is 1160 g/mol. The van der Waals surface area contributed by atoms with Crippen molar-refractivity contribution in [3.63, 3.8) is 0 Å². The van der Waals surface area contributed by atoms with Crippen LogP contribution in [0.15, 0.2) is 0 Å². The second-order valence-corrected chi connectivity index (χ2v) is 22.6. The van der Waals surface area contributed by atoms with E-state index in [2.05, 4.69) is 0 Å². The van der Waals surface area contributed by atoms with Gasteiger partial charge in [0.1, 0.15) is 171 Å². The van der Waals surface area contributed by atoms with E-state index in [4.69, 9.17) is 66.3 Å². The van der Waals surface area contributed by atoms with Crippen molar-refractivity contribution in [1.29, 1.82) is 0 Å². The normalized spacial score (nSPS) is 52.1. The van der Waals surface area contributed by atoms with Crippen LogP contribution in [0.5, 0.6) is 0 Å². The first kappa shape index (κ1) is 69.5. The van der Waals surface area contributed by atoms with E-state index in [0.29, 0.717) is 25.7 Å². The Kier molecular flexibility index (Phi) is 24.8. The van der Waals surface area contributed by atoms with Crippen molar-refractivity contribution in [1.82, 2.24) is 0 Å². The van der Waals surface area contributed by atoms with Crippen molar-refractivity contribution in [2.75, 3.05) is 33.0 Å². The van der Waals surface area contributed by atoms with Gasteiger partial charge in [0.25, 0.3) is 0 Å². The molecule has 35 heteroatoms. The molecule has 0 spiro atoms. The maximum atomic E-state index is 11.7. The summed E-state index contributed by atoms with van der Waals surface area (Å²) in [5, 5.41) is 237. The highest BCUT2D eigenvalue weighted by atomic mass is 16.8. The molecule has 0 aliphatic carbocycles. The molecule has 0 aromatic rings. The van der Waals surface area contributed by atoms with Gasteiger partial charge in [0.2, 0.25) is 0 Å². The lowest BCUT2D eigenvalue weighted by Crippen LogP contribution is -2.69. The monoisotopic (exact) mass is 1250 g/mol. The van der Waals surface area contributed by atoms with Crippen LogP contribution in [0.2, 0.25) is 0 Å². The van der Waals surface area contributed by atoms with Crippen molar-refractivity contribution in [3.8, 4) is 0 Å². The zero-order chi connectivity index (χ0) is 62.0. The average molecular weight is 1250 g/mol. The molecule has 21 aliphatic heterocycles. The van der Waals surface area contributed by atoms with Crippen molar-refractivity contribution in [2.45, 2.75) is 280 Å². The first-order chi connectivity index (χ1) is 40.5. The number of rotatable bonds is 13. The molecule has 85 heavy (non-hydrogen) atoms. The van der Waals surface area contributed by atoms with E-state index in [-0.39, 0.29) is 12.8 Å². The van der Waals surface area contributed by atoms with Crippen LogP contribution in [0.4, 0.5) is 0 Å². The predicted molar refractivity (Wildman–Crippen MR) is 265 cm³/mol. The zero-order valence-electron chi connectivity index (χ0n) is 46.2. The third-order valence-corrected chi connectivity index (χ3v) is 16.8. The molecule has 21 rings (SSSR count). The number of ether oxygens (including phenoxy) is 14. The highest BCUT2D eigenvalue weighted by Crippen LogP contribution is 2.40. The van der Waals surface area contributed by atoms with Crippen molar-refractivity contribution >= 4 is 0 Å². The van der Waals surface area contributed by atoms with Gasteiger partial charge in [-0.1, -0.05) is 39.5 Å². The Morgan fingerprint density at radius 2 is 0.424 bits per heavy atom. The van der Waals surface area contributed by atoms with E-state index < -0.39 is 260 Å². The second-order valence-electron chi connectivity index (χ2n) is 22.6. The Bertz CT molecular complexity index is 1980. The van der Waals surface area contributed by atoms with Gasteiger partial charge in [-0.25, -0.2) is 0 Å². The number of aliphatic hydroxyl groups is 21. The number of hydrogen-bond acceptors (Lipinski definition) is 35. The van der Waals surface area contributed by atoms with Gasteiger partial charge in [-0.15, -0.1) is 0 Å². The molecule has 21 heterocycles. The van der Waals surface area contributed by atoms with Gasteiger partial charge >= 0.3 is 0 Å². The average Bonchev–Trinajstić information content (AvgIpc) is 2.69. The number of aliphatic hydroxyl groups excluding tert-OH is 21. The minimum atomic E-state index is -2.22. The summed E-state index contributed by atoms with van der Waals surface area (Å²) in [5.74, 6) is 0. The van der Waals surface area contributed by atoms with Gasteiger partial charge in [0, 0.05) is 0 Å². The van der Waals surface area contributed by atoms with Gasteiger partial charge in [0.15, 0.2) is 44.0 Å². The standard InChI is InChI=1S/C50H86O35/c1-3-5-7-14(56)35-42-27(64)34(71)50(78-35)83-41-20(13-55)74-46(30(67)23(41)60)81-39-18(11-53)76-48(32(69)25(39)62)85-43-26(63)33(70)49(77-36(43)15(57)8-6-4-2)82-40-19(12-54)73-45(29(66)22(40)59)79-37-16(9-51)72-44(28(65)21(37)58)80-38-17(10-52)75-47(84-42)31(68)24(38)61/h14-71H,3-13H2,1-2H3/t14-,15-,16+,17+,18-,19+,20-,21-,22-,23-,24-,25+,26-,27-,28-,29-,30+,31-,32+,33-,34-,35-,36-,37-,38-,39-,40-,41-,42+,43+,44-,45-,46-,47-,48-,49-,50-/m1/s1. The molecule has 21 saturated heterocycles. The third-order valence-electron chi connectivity index (χ3n) is 16.8. The lowest BCUT2D eigenvalue weighted by atomic mass is 9.92. The molecule has 0 unspecified atom stereocenters. The topological polar surface area (TPSA) is 554 Å². The Hall–Kier alpha value is -1.40. The van der Waals surface area contributed by atoms with E-state index in [1.54, 1.807) is 13.8 Å². The van der Waals surface area contributed by atoms with Crippen molar-refractivity contribution < 1.29 is 174 Å².